The van der Waals surface area contributed by atoms with Gasteiger partial charge in [0.25, 0.3) is 0 Å². The predicted molar refractivity (Wildman–Crippen MR) is 55.2 cm³/mol. The number of carbonyl (C=O) groups excluding carboxylic acids is 1. The van der Waals surface area contributed by atoms with Crippen LogP contribution in [0.4, 0.5) is 14.5 Å². The SMILES string of the molecule is CC(=O)c1cc(OC(F)F)cc(N)c1Br. The van der Waals surface area contributed by atoms with Crippen LogP contribution in [0.3, 0.4) is 0 Å². The van der Waals surface area contributed by atoms with Gasteiger partial charge in [0.15, 0.2) is 5.78 Å². The molecule has 82 valence electrons. The first kappa shape index (κ1) is 11.9. The normalized spacial score (nSPS) is 10.5. The largest absolute Gasteiger partial charge is 0.435 e. The number of hydrogen-bond donors (Lipinski definition) is 1. The van der Waals surface area contributed by atoms with Crippen molar-refractivity contribution in [1.82, 2.24) is 0 Å². The third-order valence-electron chi connectivity index (χ3n) is 1.68. The van der Waals surface area contributed by atoms with Gasteiger partial charge in [-0.1, -0.05) is 0 Å². The Kier molecular flexibility index (Phi) is 3.62. The summed E-state index contributed by atoms with van der Waals surface area (Å²) in [4.78, 5) is 11.1. The molecule has 0 saturated heterocycles. The first-order valence-corrected chi connectivity index (χ1v) is 4.76. The summed E-state index contributed by atoms with van der Waals surface area (Å²) in [5.41, 5.74) is 5.90. The van der Waals surface area contributed by atoms with Gasteiger partial charge in [-0.25, -0.2) is 0 Å². The molecule has 0 unspecified atom stereocenters. The maximum atomic E-state index is 11.9. The maximum Gasteiger partial charge on any atom is 0.387 e. The van der Waals surface area contributed by atoms with Gasteiger partial charge in [-0.15, -0.1) is 0 Å². The van der Waals surface area contributed by atoms with Gasteiger partial charge in [-0.2, -0.15) is 8.78 Å². The summed E-state index contributed by atoms with van der Waals surface area (Å²) < 4.78 is 28.4. The molecule has 6 heteroatoms. The number of anilines is 1. The van der Waals surface area contributed by atoms with Crippen molar-refractivity contribution in [2.75, 3.05) is 5.73 Å². The van der Waals surface area contributed by atoms with E-state index in [2.05, 4.69) is 20.7 Å². The number of hydrogen-bond acceptors (Lipinski definition) is 3. The molecule has 0 spiro atoms. The van der Waals surface area contributed by atoms with Gasteiger partial charge in [0.05, 0.1) is 10.2 Å². The van der Waals surface area contributed by atoms with Crippen LogP contribution < -0.4 is 10.5 Å². The first-order chi connectivity index (χ1) is 6.91. The van der Waals surface area contributed by atoms with E-state index in [4.69, 9.17) is 5.73 Å². The molecule has 3 nitrogen and oxygen atoms in total. The second-order valence-electron chi connectivity index (χ2n) is 2.81. The number of alkyl halides is 2. The Morgan fingerprint density at radius 3 is 2.60 bits per heavy atom. The van der Waals surface area contributed by atoms with Crippen molar-refractivity contribution >= 4 is 27.4 Å². The highest BCUT2D eigenvalue weighted by Gasteiger charge is 2.13. The quantitative estimate of drug-likeness (QED) is 0.684. The second kappa shape index (κ2) is 4.57. The number of nitrogens with two attached hydrogens (primary N) is 1. The van der Waals surface area contributed by atoms with Crippen molar-refractivity contribution in [2.24, 2.45) is 0 Å². The van der Waals surface area contributed by atoms with E-state index in [1.54, 1.807) is 0 Å². The zero-order valence-electron chi connectivity index (χ0n) is 7.76. The molecule has 0 radical (unpaired) electrons. The highest BCUT2D eigenvalue weighted by atomic mass is 79.9. The number of ether oxygens (including phenoxy) is 1. The van der Waals surface area contributed by atoms with Crippen LogP contribution in [0.2, 0.25) is 0 Å². The lowest BCUT2D eigenvalue weighted by molar-refractivity contribution is -0.0498. The van der Waals surface area contributed by atoms with E-state index in [-0.39, 0.29) is 22.8 Å². The fourth-order valence-electron chi connectivity index (χ4n) is 1.05. The molecule has 1 aromatic rings. The lowest BCUT2D eigenvalue weighted by Crippen LogP contribution is -2.05. The second-order valence-corrected chi connectivity index (χ2v) is 3.60. The van der Waals surface area contributed by atoms with Crippen molar-refractivity contribution in [3.8, 4) is 5.75 Å². The van der Waals surface area contributed by atoms with Crippen LogP contribution in [-0.4, -0.2) is 12.4 Å². The highest BCUT2D eigenvalue weighted by molar-refractivity contribution is 9.10. The van der Waals surface area contributed by atoms with Gasteiger partial charge in [0.1, 0.15) is 5.75 Å². The minimum atomic E-state index is -2.94. The van der Waals surface area contributed by atoms with Crippen molar-refractivity contribution in [3.63, 3.8) is 0 Å². The van der Waals surface area contributed by atoms with Crippen LogP contribution in [-0.2, 0) is 0 Å². The van der Waals surface area contributed by atoms with Crippen LogP contribution in [0.1, 0.15) is 17.3 Å². The summed E-state index contributed by atoms with van der Waals surface area (Å²) in [5, 5.41) is 0. The molecule has 15 heavy (non-hydrogen) atoms. The third kappa shape index (κ3) is 2.89. The van der Waals surface area contributed by atoms with Gasteiger partial charge >= 0.3 is 6.61 Å². The van der Waals surface area contributed by atoms with Crippen LogP contribution in [0, 0.1) is 0 Å². The summed E-state index contributed by atoms with van der Waals surface area (Å²) in [6.07, 6.45) is 0. The van der Waals surface area contributed by atoms with Crippen LogP contribution in [0.5, 0.6) is 5.75 Å². The number of carbonyl (C=O) groups is 1. The summed E-state index contributed by atoms with van der Waals surface area (Å²) >= 11 is 3.09. The number of nitrogen functional groups attached to an aromatic ring is 1. The first-order valence-electron chi connectivity index (χ1n) is 3.96. The van der Waals surface area contributed by atoms with E-state index in [0.717, 1.165) is 0 Å². The molecule has 2 N–H and O–H groups in total. The summed E-state index contributed by atoms with van der Waals surface area (Å²) in [6.45, 7) is -1.63. The summed E-state index contributed by atoms with van der Waals surface area (Å²) in [7, 11) is 0. The van der Waals surface area contributed by atoms with Gasteiger partial charge in [-0.3, -0.25) is 4.79 Å². The molecule has 0 heterocycles. The standard InChI is InChI=1S/C9H8BrF2NO2/c1-4(14)6-2-5(15-9(11)12)3-7(13)8(6)10/h2-3,9H,13H2,1H3. The van der Waals surface area contributed by atoms with Crippen LogP contribution in [0.25, 0.3) is 0 Å². The van der Waals surface area contributed by atoms with E-state index >= 15 is 0 Å². The lowest BCUT2D eigenvalue weighted by atomic mass is 10.1. The molecule has 0 bridgehead atoms. The van der Waals surface area contributed by atoms with Crippen molar-refractivity contribution < 1.29 is 18.3 Å². The topological polar surface area (TPSA) is 52.3 Å². The van der Waals surface area contributed by atoms with Crippen LogP contribution >= 0.6 is 15.9 Å². The lowest BCUT2D eigenvalue weighted by Gasteiger charge is -2.09. The van der Waals surface area contributed by atoms with Crippen molar-refractivity contribution in [2.45, 2.75) is 13.5 Å². The number of benzene rings is 1. The Bertz CT molecular complexity index is 396. The minimum Gasteiger partial charge on any atom is -0.435 e. The summed E-state index contributed by atoms with van der Waals surface area (Å²) in [6, 6.07) is 2.44. The van der Waals surface area contributed by atoms with Gasteiger partial charge in [0, 0.05) is 11.6 Å². The Morgan fingerprint density at radius 2 is 2.13 bits per heavy atom. The van der Waals surface area contributed by atoms with Crippen molar-refractivity contribution in [1.29, 1.82) is 0 Å². The van der Waals surface area contributed by atoms with Gasteiger partial charge in [0.2, 0.25) is 0 Å². The average Bonchev–Trinajstić information content (AvgIpc) is 2.09. The van der Waals surface area contributed by atoms with E-state index in [0.29, 0.717) is 4.47 Å². The molecule has 0 saturated carbocycles. The van der Waals surface area contributed by atoms with Crippen LogP contribution in [0.15, 0.2) is 16.6 Å². The molecule has 0 aromatic heterocycles. The van der Waals surface area contributed by atoms with Gasteiger partial charge in [-0.05, 0) is 28.9 Å². The number of ketones is 1. The molecule has 1 rings (SSSR count). The molecular formula is C9H8BrF2NO2. The fraction of sp³-hybridized carbons (Fsp3) is 0.222. The van der Waals surface area contributed by atoms with E-state index in [1.807, 2.05) is 0 Å². The summed E-state index contributed by atoms with van der Waals surface area (Å²) in [5.74, 6) is -0.413. The number of Topliss-reactive ketones (excluding diaryl/α,β-unsaturated/α-hetero) is 1. The molecule has 0 fully saturated rings. The smallest absolute Gasteiger partial charge is 0.387 e. The highest BCUT2D eigenvalue weighted by Crippen LogP contribution is 2.30. The average molecular weight is 280 g/mol. The van der Waals surface area contributed by atoms with E-state index < -0.39 is 6.61 Å². The Balaban J connectivity index is 3.17. The molecule has 0 atom stereocenters. The zero-order chi connectivity index (χ0) is 11.6. The molecular weight excluding hydrogens is 272 g/mol. The molecule has 0 aliphatic heterocycles. The fourth-order valence-corrected chi connectivity index (χ4v) is 1.55. The Morgan fingerprint density at radius 1 is 1.53 bits per heavy atom. The maximum absolute atomic E-state index is 11.9. The van der Waals surface area contributed by atoms with Crippen molar-refractivity contribution in [3.05, 3.63) is 22.2 Å². The van der Waals surface area contributed by atoms with E-state index in [9.17, 15) is 13.6 Å². The van der Waals surface area contributed by atoms with Gasteiger partial charge < -0.3 is 10.5 Å². The third-order valence-corrected chi connectivity index (χ3v) is 2.56. The van der Waals surface area contributed by atoms with E-state index in [1.165, 1.54) is 19.1 Å². The monoisotopic (exact) mass is 279 g/mol. The number of halogens is 3. The molecule has 1 aromatic carbocycles. The zero-order valence-corrected chi connectivity index (χ0v) is 9.35. The molecule has 0 aliphatic carbocycles. The Hall–Kier alpha value is -1.17. The minimum absolute atomic E-state index is 0.129. The molecule has 0 aliphatic rings. The Labute approximate surface area is 93.3 Å². The predicted octanol–water partition coefficient (Wildman–Crippen LogP) is 2.84. The number of rotatable bonds is 3. The molecule has 0 amide bonds.